The van der Waals surface area contributed by atoms with Gasteiger partial charge in [-0.15, -0.1) is 0 Å². The van der Waals surface area contributed by atoms with Crippen molar-refractivity contribution in [3.8, 4) is 0 Å². The van der Waals surface area contributed by atoms with Gasteiger partial charge in [0.2, 0.25) is 5.91 Å². The Morgan fingerprint density at radius 2 is 1.86 bits per heavy atom. The number of carbonyl (C=O) groups is 1. The minimum atomic E-state index is -0.154. The van der Waals surface area contributed by atoms with Gasteiger partial charge in [0.25, 0.3) is 0 Å². The molecular formula is C25H31FN2O. The van der Waals surface area contributed by atoms with Crippen molar-refractivity contribution in [2.45, 2.75) is 31.6 Å². The number of halogens is 1. The van der Waals surface area contributed by atoms with Crippen molar-refractivity contribution in [3.63, 3.8) is 0 Å². The third-order valence-electron chi connectivity index (χ3n) is 6.56. The highest BCUT2D eigenvalue weighted by atomic mass is 19.1. The molecule has 2 aliphatic rings. The summed E-state index contributed by atoms with van der Waals surface area (Å²) in [7, 11) is 1.97. The van der Waals surface area contributed by atoms with Crippen molar-refractivity contribution < 1.29 is 9.18 Å². The first-order valence-electron chi connectivity index (χ1n) is 10.9. The van der Waals surface area contributed by atoms with Crippen molar-refractivity contribution in [3.05, 3.63) is 71.5 Å². The lowest BCUT2D eigenvalue weighted by Gasteiger charge is -2.34. The SMILES string of the molecule is CN(CC1CCN(CCc2cccc(F)c2)CC1)C(=O)[C@@H]1C[C@H]1c1ccccc1. The fourth-order valence-electron chi connectivity index (χ4n) is 4.67. The van der Waals surface area contributed by atoms with E-state index in [-0.39, 0.29) is 11.7 Å². The van der Waals surface area contributed by atoms with Gasteiger partial charge in [-0.05, 0) is 73.9 Å². The highest BCUT2D eigenvalue weighted by molar-refractivity contribution is 5.82. The Bertz CT molecular complexity index is 817. The van der Waals surface area contributed by atoms with Crippen molar-refractivity contribution in [1.82, 2.24) is 9.80 Å². The molecule has 2 aromatic rings. The van der Waals surface area contributed by atoms with Crippen molar-refractivity contribution >= 4 is 5.91 Å². The zero-order valence-electron chi connectivity index (χ0n) is 17.3. The first kappa shape index (κ1) is 20.1. The van der Waals surface area contributed by atoms with Crippen LogP contribution in [0.25, 0.3) is 0 Å². The number of nitrogens with zero attached hydrogens (tertiary/aromatic N) is 2. The number of likely N-dealkylation sites (tertiary alicyclic amines) is 1. The second-order valence-electron chi connectivity index (χ2n) is 8.74. The number of amides is 1. The summed E-state index contributed by atoms with van der Waals surface area (Å²) >= 11 is 0. The molecule has 2 fully saturated rings. The van der Waals surface area contributed by atoms with E-state index >= 15 is 0 Å². The molecule has 4 rings (SSSR count). The Morgan fingerprint density at radius 1 is 1.10 bits per heavy atom. The molecular weight excluding hydrogens is 363 g/mol. The third kappa shape index (κ3) is 5.24. The molecule has 2 atom stereocenters. The molecule has 4 heteroatoms. The maximum absolute atomic E-state index is 13.3. The molecule has 0 radical (unpaired) electrons. The Hall–Kier alpha value is -2.20. The number of carbonyl (C=O) groups excluding carboxylic acids is 1. The van der Waals surface area contributed by atoms with E-state index in [1.54, 1.807) is 12.1 Å². The Morgan fingerprint density at radius 3 is 2.59 bits per heavy atom. The lowest BCUT2D eigenvalue weighted by atomic mass is 9.95. The molecule has 0 unspecified atom stereocenters. The quantitative estimate of drug-likeness (QED) is 0.697. The molecule has 0 bridgehead atoms. The second kappa shape index (κ2) is 9.08. The minimum absolute atomic E-state index is 0.154. The summed E-state index contributed by atoms with van der Waals surface area (Å²) < 4.78 is 13.3. The zero-order chi connectivity index (χ0) is 20.2. The van der Waals surface area contributed by atoms with Gasteiger partial charge < -0.3 is 9.80 Å². The van der Waals surface area contributed by atoms with E-state index in [1.807, 2.05) is 24.1 Å². The van der Waals surface area contributed by atoms with Gasteiger partial charge in [0.15, 0.2) is 0 Å². The van der Waals surface area contributed by atoms with E-state index in [0.29, 0.717) is 17.7 Å². The smallest absolute Gasteiger partial charge is 0.226 e. The van der Waals surface area contributed by atoms with Gasteiger partial charge in [0.1, 0.15) is 5.82 Å². The summed E-state index contributed by atoms with van der Waals surface area (Å²) in [4.78, 5) is 17.2. The summed E-state index contributed by atoms with van der Waals surface area (Å²) in [6.45, 7) is 3.98. The molecule has 154 valence electrons. The van der Waals surface area contributed by atoms with Gasteiger partial charge >= 0.3 is 0 Å². The molecule has 1 aliphatic carbocycles. The topological polar surface area (TPSA) is 23.6 Å². The minimum Gasteiger partial charge on any atom is -0.345 e. The van der Waals surface area contributed by atoms with Gasteiger partial charge in [0.05, 0.1) is 0 Å². The summed E-state index contributed by atoms with van der Waals surface area (Å²) in [5.74, 6) is 1.33. The molecule has 0 aromatic heterocycles. The lowest BCUT2D eigenvalue weighted by Crippen LogP contribution is -2.40. The number of benzene rings is 2. The Labute approximate surface area is 173 Å². The van der Waals surface area contributed by atoms with E-state index in [2.05, 4.69) is 29.2 Å². The van der Waals surface area contributed by atoms with E-state index < -0.39 is 0 Å². The lowest BCUT2D eigenvalue weighted by molar-refractivity contribution is -0.132. The summed E-state index contributed by atoms with van der Waals surface area (Å²) in [6, 6.07) is 17.3. The van der Waals surface area contributed by atoms with Crippen LogP contribution < -0.4 is 0 Å². The van der Waals surface area contributed by atoms with Crippen LogP contribution >= 0.6 is 0 Å². The highest BCUT2D eigenvalue weighted by Gasteiger charge is 2.45. The number of hydrogen-bond donors (Lipinski definition) is 0. The monoisotopic (exact) mass is 394 g/mol. The molecule has 1 amide bonds. The van der Waals surface area contributed by atoms with Crippen LogP contribution in [-0.4, -0.2) is 48.9 Å². The van der Waals surface area contributed by atoms with Crippen LogP contribution in [-0.2, 0) is 11.2 Å². The number of hydrogen-bond acceptors (Lipinski definition) is 2. The van der Waals surface area contributed by atoms with E-state index in [4.69, 9.17) is 0 Å². The standard InChI is InChI=1S/C25H31FN2O/c1-27(25(29)24-17-23(24)21-7-3-2-4-8-21)18-20-11-14-28(15-12-20)13-10-19-6-5-9-22(26)16-19/h2-9,16,20,23-24H,10-15,17-18H2,1H3/t23-,24+/m0/s1. The number of piperidine rings is 1. The van der Waals surface area contributed by atoms with Gasteiger partial charge in [-0.1, -0.05) is 42.5 Å². The third-order valence-corrected chi connectivity index (χ3v) is 6.56. The van der Waals surface area contributed by atoms with Crippen molar-refractivity contribution in [2.24, 2.45) is 11.8 Å². The first-order valence-corrected chi connectivity index (χ1v) is 10.9. The molecule has 1 heterocycles. The second-order valence-corrected chi connectivity index (χ2v) is 8.74. The van der Waals surface area contributed by atoms with Crippen molar-refractivity contribution in [1.29, 1.82) is 0 Å². The molecule has 0 N–H and O–H groups in total. The van der Waals surface area contributed by atoms with E-state index in [1.165, 1.54) is 11.6 Å². The van der Waals surface area contributed by atoms with Crippen LogP contribution in [0.1, 0.15) is 36.3 Å². The van der Waals surface area contributed by atoms with E-state index in [0.717, 1.165) is 57.4 Å². The average Bonchev–Trinajstić information content (AvgIpc) is 3.54. The average molecular weight is 395 g/mol. The van der Waals surface area contributed by atoms with Crippen LogP contribution in [0.3, 0.4) is 0 Å². The van der Waals surface area contributed by atoms with Gasteiger partial charge in [-0.25, -0.2) is 4.39 Å². The molecule has 29 heavy (non-hydrogen) atoms. The maximum Gasteiger partial charge on any atom is 0.226 e. The van der Waals surface area contributed by atoms with Crippen LogP contribution in [0.4, 0.5) is 4.39 Å². The normalized spacial score (nSPS) is 22.4. The Kier molecular flexibility index (Phi) is 6.29. The summed E-state index contributed by atoms with van der Waals surface area (Å²) in [5.41, 5.74) is 2.36. The molecule has 0 spiro atoms. The van der Waals surface area contributed by atoms with Crippen LogP contribution in [0, 0.1) is 17.7 Å². The molecule has 1 saturated heterocycles. The molecule has 3 nitrogen and oxygen atoms in total. The van der Waals surface area contributed by atoms with Crippen LogP contribution in [0.2, 0.25) is 0 Å². The largest absolute Gasteiger partial charge is 0.345 e. The summed E-state index contributed by atoms with van der Waals surface area (Å²) in [6.07, 6.45) is 4.15. The number of rotatable bonds is 7. The molecule has 1 saturated carbocycles. The Balaban J connectivity index is 1.18. The highest BCUT2D eigenvalue weighted by Crippen LogP contribution is 2.48. The van der Waals surface area contributed by atoms with Gasteiger partial charge in [0, 0.05) is 26.1 Å². The fraction of sp³-hybridized carbons (Fsp3) is 0.480. The van der Waals surface area contributed by atoms with Crippen LogP contribution in [0.5, 0.6) is 0 Å². The zero-order valence-corrected chi connectivity index (χ0v) is 17.3. The van der Waals surface area contributed by atoms with Gasteiger partial charge in [-0.2, -0.15) is 0 Å². The summed E-state index contributed by atoms with van der Waals surface area (Å²) in [5, 5.41) is 0. The van der Waals surface area contributed by atoms with Crippen LogP contribution in [0.15, 0.2) is 54.6 Å². The van der Waals surface area contributed by atoms with E-state index in [9.17, 15) is 9.18 Å². The predicted octanol–water partition coefficient (Wildman–Crippen LogP) is 4.34. The maximum atomic E-state index is 13.3. The molecule has 2 aromatic carbocycles. The van der Waals surface area contributed by atoms with Crippen molar-refractivity contribution in [2.75, 3.05) is 33.2 Å². The van der Waals surface area contributed by atoms with Gasteiger partial charge in [-0.3, -0.25) is 4.79 Å². The first-order chi connectivity index (χ1) is 14.1. The predicted molar refractivity (Wildman–Crippen MR) is 114 cm³/mol. The molecule has 1 aliphatic heterocycles. The fourth-order valence-corrected chi connectivity index (χ4v) is 4.67.